The predicted molar refractivity (Wildman–Crippen MR) is 77.3 cm³/mol. The lowest BCUT2D eigenvalue weighted by Gasteiger charge is -2.33. The fraction of sp³-hybridized carbons (Fsp3) is 0.294. The van der Waals surface area contributed by atoms with E-state index in [4.69, 9.17) is 4.74 Å². The Kier molecular flexibility index (Phi) is 3.88. The van der Waals surface area contributed by atoms with Gasteiger partial charge in [0.2, 0.25) is 0 Å². The van der Waals surface area contributed by atoms with Crippen LogP contribution >= 0.6 is 0 Å². The first-order valence-electron chi connectivity index (χ1n) is 7.06. The van der Waals surface area contributed by atoms with Gasteiger partial charge in [0.25, 0.3) is 0 Å². The second-order valence-corrected chi connectivity index (χ2v) is 5.23. The van der Waals surface area contributed by atoms with Crippen LogP contribution in [-0.2, 0) is 6.42 Å². The van der Waals surface area contributed by atoms with Crippen LogP contribution in [-0.4, -0.2) is 13.2 Å². The van der Waals surface area contributed by atoms with E-state index < -0.39 is 11.6 Å². The summed E-state index contributed by atoms with van der Waals surface area (Å²) in [5.74, 6) is -1.16. The van der Waals surface area contributed by atoms with E-state index in [9.17, 15) is 8.78 Å². The van der Waals surface area contributed by atoms with Gasteiger partial charge in [-0.1, -0.05) is 24.3 Å². The van der Waals surface area contributed by atoms with Gasteiger partial charge >= 0.3 is 0 Å². The summed E-state index contributed by atoms with van der Waals surface area (Å²) in [4.78, 5) is 0. The minimum atomic E-state index is -0.663. The topological polar surface area (TPSA) is 21.3 Å². The third-order valence-electron chi connectivity index (χ3n) is 3.94. The summed E-state index contributed by atoms with van der Waals surface area (Å²) < 4.78 is 32.5. The van der Waals surface area contributed by atoms with Crippen molar-refractivity contribution in [2.75, 3.05) is 7.05 Å². The molecule has 0 heterocycles. The molecule has 0 saturated carbocycles. The fourth-order valence-electron chi connectivity index (χ4n) is 2.93. The molecule has 2 aromatic rings. The molecule has 1 N–H and O–H groups in total. The van der Waals surface area contributed by atoms with E-state index in [1.165, 1.54) is 23.3 Å². The highest BCUT2D eigenvalue weighted by atomic mass is 19.1. The molecular weight excluding hydrogens is 272 g/mol. The van der Waals surface area contributed by atoms with Crippen LogP contribution in [0.15, 0.2) is 42.5 Å². The number of hydrogen-bond acceptors (Lipinski definition) is 2. The van der Waals surface area contributed by atoms with Crippen molar-refractivity contribution < 1.29 is 13.5 Å². The molecule has 1 aliphatic rings. The van der Waals surface area contributed by atoms with E-state index in [1.807, 2.05) is 19.2 Å². The Labute approximate surface area is 122 Å². The van der Waals surface area contributed by atoms with E-state index in [-0.39, 0.29) is 17.9 Å². The molecule has 0 fully saturated rings. The highest BCUT2D eigenvalue weighted by Gasteiger charge is 2.30. The number of halogens is 2. The lowest BCUT2D eigenvalue weighted by atomic mass is 9.85. The summed E-state index contributed by atoms with van der Waals surface area (Å²) in [6, 6.07) is 11.6. The van der Waals surface area contributed by atoms with Crippen molar-refractivity contribution in [2.24, 2.45) is 0 Å². The van der Waals surface area contributed by atoms with Crippen LogP contribution < -0.4 is 10.1 Å². The van der Waals surface area contributed by atoms with E-state index >= 15 is 0 Å². The largest absolute Gasteiger partial charge is 0.485 e. The maximum Gasteiger partial charge on any atom is 0.167 e. The molecule has 0 bridgehead atoms. The summed E-state index contributed by atoms with van der Waals surface area (Å²) in [5, 5.41) is 3.24. The van der Waals surface area contributed by atoms with Gasteiger partial charge in [-0.15, -0.1) is 0 Å². The van der Waals surface area contributed by atoms with Crippen molar-refractivity contribution in [3.05, 3.63) is 65.2 Å². The van der Waals surface area contributed by atoms with Gasteiger partial charge in [0.1, 0.15) is 11.9 Å². The molecule has 0 aromatic heterocycles. The summed E-state index contributed by atoms with van der Waals surface area (Å²) in [6.45, 7) is 0. The third-order valence-corrected chi connectivity index (χ3v) is 3.94. The molecule has 4 heteroatoms. The lowest BCUT2D eigenvalue weighted by Crippen LogP contribution is -2.38. The first-order chi connectivity index (χ1) is 10.2. The number of hydrogen-bond donors (Lipinski definition) is 1. The van der Waals surface area contributed by atoms with E-state index in [2.05, 4.69) is 17.4 Å². The molecule has 1 aliphatic carbocycles. The van der Waals surface area contributed by atoms with Gasteiger partial charge in [-0.3, -0.25) is 0 Å². The first kappa shape index (κ1) is 14.0. The normalized spacial score (nSPS) is 20.9. The third kappa shape index (κ3) is 2.76. The molecule has 0 saturated heterocycles. The van der Waals surface area contributed by atoms with Crippen LogP contribution in [0.4, 0.5) is 8.78 Å². The molecule has 0 radical (unpaired) electrons. The van der Waals surface area contributed by atoms with Crippen LogP contribution in [0.25, 0.3) is 0 Å². The molecule has 2 nitrogen and oxygen atoms in total. The number of fused-ring (bicyclic) bond motifs is 1. The summed E-state index contributed by atoms with van der Waals surface area (Å²) in [5.41, 5.74) is 2.47. The zero-order chi connectivity index (χ0) is 14.8. The minimum Gasteiger partial charge on any atom is -0.485 e. The van der Waals surface area contributed by atoms with Gasteiger partial charge in [-0.2, -0.15) is 0 Å². The van der Waals surface area contributed by atoms with E-state index in [0.29, 0.717) is 0 Å². The predicted octanol–water partition coefficient (Wildman–Crippen LogP) is 3.62. The average molecular weight is 289 g/mol. The average Bonchev–Trinajstić information content (AvgIpc) is 2.49. The number of nitrogens with one attached hydrogen (secondary N) is 1. The van der Waals surface area contributed by atoms with Gasteiger partial charge in [-0.05, 0) is 43.1 Å². The SMILES string of the molecule is CNC1c2ccccc2CCC1Oc1ccc(F)cc1F. The van der Waals surface area contributed by atoms with E-state index in [0.717, 1.165) is 18.9 Å². The quantitative estimate of drug-likeness (QED) is 0.932. The Morgan fingerprint density at radius 3 is 2.71 bits per heavy atom. The van der Waals surface area contributed by atoms with Crippen LogP contribution in [0.3, 0.4) is 0 Å². The summed E-state index contributed by atoms with van der Waals surface area (Å²) in [6.07, 6.45) is 1.51. The molecule has 110 valence electrons. The van der Waals surface area contributed by atoms with Gasteiger partial charge in [0.05, 0.1) is 6.04 Å². The van der Waals surface area contributed by atoms with Crippen LogP contribution in [0.1, 0.15) is 23.6 Å². The van der Waals surface area contributed by atoms with Crippen molar-refractivity contribution in [3.8, 4) is 5.75 Å². The highest BCUT2D eigenvalue weighted by Crippen LogP contribution is 2.33. The number of benzene rings is 2. The second kappa shape index (κ2) is 5.82. The smallest absolute Gasteiger partial charge is 0.167 e. The molecule has 0 amide bonds. The Morgan fingerprint density at radius 2 is 1.95 bits per heavy atom. The maximum absolute atomic E-state index is 13.7. The molecule has 3 rings (SSSR count). The lowest BCUT2D eigenvalue weighted by molar-refractivity contribution is 0.133. The molecule has 0 spiro atoms. The van der Waals surface area contributed by atoms with E-state index in [1.54, 1.807) is 0 Å². The van der Waals surface area contributed by atoms with Crippen molar-refractivity contribution in [2.45, 2.75) is 25.0 Å². The summed E-state index contributed by atoms with van der Waals surface area (Å²) in [7, 11) is 1.87. The first-order valence-corrected chi connectivity index (χ1v) is 7.06. The van der Waals surface area contributed by atoms with Gasteiger partial charge in [-0.25, -0.2) is 8.78 Å². The van der Waals surface area contributed by atoms with Gasteiger partial charge < -0.3 is 10.1 Å². The molecule has 2 atom stereocenters. The maximum atomic E-state index is 13.7. The Balaban J connectivity index is 1.86. The van der Waals surface area contributed by atoms with Crippen molar-refractivity contribution in [3.63, 3.8) is 0 Å². The number of ether oxygens (including phenoxy) is 1. The number of rotatable bonds is 3. The summed E-state index contributed by atoms with van der Waals surface area (Å²) >= 11 is 0. The van der Waals surface area contributed by atoms with Crippen LogP contribution in [0.2, 0.25) is 0 Å². The fourth-order valence-corrected chi connectivity index (χ4v) is 2.93. The van der Waals surface area contributed by atoms with Gasteiger partial charge in [0, 0.05) is 6.07 Å². The monoisotopic (exact) mass is 289 g/mol. The van der Waals surface area contributed by atoms with Crippen molar-refractivity contribution >= 4 is 0 Å². The number of likely N-dealkylation sites (N-methyl/N-ethyl adjacent to an activating group) is 1. The molecule has 21 heavy (non-hydrogen) atoms. The second-order valence-electron chi connectivity index (χ2n) is 5.23. The Morgan fingerprint density at radius 1 is 1.14 bits per heavy atom. The standard InChI is InChI=1S/C17H17F2NO/c1-20-17-13-5-3-2-4-11(13)6-8-16(17)21-15-9-7-12(18)10-14(15)19/h2-5,7,9-10,16-17,20H,6,8H2,1H3. The Bertz CT molecular complexity index is 644. The molecule has 0 aliphatic heterocycles. The number of aryl methyl sites for hydroxylation is 1. The minimum absolute atomic E-state index is 0.000553. The zero-order valence-electron chi connectivity index (χ0n) is 11.8. The van der Waals surface area contributed by atoms with Crippen molar-refractivity contribution in [1.82, 2.24) is 5.32 Å². The van der Waals surface area contributed by atoms with Crippen molar-refractivity contribution in [1.29, 1.82) is 0 Å². The molecular formula is C17H17F2NO. The van der Waals surface area contributed by atoms with Crippen LogP contribution in [0.5, 0.6) is 5.75 Å². The Hall–Kier alpha value is -1.94. The zero-order valence-corrected chi connectivity index (χ0v) is 11.8. The van der Waals surface area contributed by atoms with Crippen LogP contribution in [0, 0.1) is 11.6 Å². The van der Waals surface area contributed by atoms with Gasteiger partial charge in [0.15, 0.2) is 11.6 Å². The molecule has 2 aromatic carbocycles. The highest BCUT2D eigenvalue weighted by molar-refractivity contribution is 5.34. The molecule has 2 unspecified atom stereocenters.